The lowest BCUT2D eigenvalue weighted by Gasteiger charge is -2.20. The summed E-state index contributed by atoms with van der Waals surface area (Å²) in [6, 6.07) is 10.1. The van der Waals surface area contributed by atoms with Gasteiger partial charge in [-0.1, -0.05) is 35.0 Å². The minimum atomic E-state index is -0.935. The van der Waals surface area contributed by atoms with Crippen molar-refractivity contribution < 1.29 is 9.50 Å². The van der Waals surface area contributed by atoms with E-state index >= 15 is 0 Å². The fourth-order valence-electron chi connectivity index (χ4n) is 1.85. The molecule has 1 aromatic carbocycles. The van der Waals surface area contributed by atoms with E-state index in [1.54, 1.807) is 18.3 Å². The highest BCUT2D eigenvalue weighted by Crippen LogP contribution is 2.34. The van der Waals surface area contributed by atoms with Crippen LogP contribution in [0, 0.1) is 5.82 Å². The molecule has 0 amide bonds. The van der Waals surface area contributed by atoms with Crippen LogP contribution in [0.5, 0.6) is 0 Å². The van der Waals surface area contributed by atoms with E-state index < -0.39 is 11.9 Å². The van der Waals surface area contributed by atoms with Gasteiger partial charge in [-0.2, -0.15) is 0 Å². The van der Waals surface area contributed by atoms with Gasteiger partial charge in [0.2, 0.25) is 0 Å². The monoisotopic (exact) mass is 309 g/mol. The number of aliphatic hydroxyl groups is 1. The van der Waals surface area contributed by atoms with Gasteiger partial charge in [-0.15, -0.1) is 0 Å². The van der Waals surface area contributed by atoms with Gasteiger partial charge in [0.25, 0.3) is 0 Å². The summed E-state index contributed by atoms with van der Waals surface area (Å²) in [6.45, 7) is 1.83. The third-order valence-corrected chi connectivity index (χ3v) is 3.61. The fraction of sp³-hybridized carbons (Fsp3) is 0.214. The number of rotatable bonds is 3. The molecule has 4 heteroatoms. The first-order valence-corrected chi connectivity index (χ1v) is 6.43. The number of hydrogen-bond donors (Lipinski definition) is 1. The Kier molecular flexibility index (Phi) is 4.09. The summed E-state index contributed by atoms with van der Waals surface area (Å²) in [6.07, 6.45) is 0.727. The van der Waals surface area contributed by atoms with E-state index in [4.69, 9.17) is 0 Å². The molecule has 0 aliphatic rings. The highest BCUT2D eigenvalue weighted by molar-refractivity contribution is 9.10. The van der Waals surface area contributed by atoms with E-state index in [9.17, 15) is 9.50 Å². The Hall–Kier alpha value is -1.26. The first-order chi connectivity index (χ1) is 8.61. The van der Waals surface area contributed by atoms with Gasteiger partial charge < -0.3 is 5.11 Å². The minimum Gasteiger partial charge on any atom is -0.388 e. The molecule has 1 aromatic heterocycles. The van der Waals surface area contributed by atoms with Crippen LogP contribution in [0.4, 0.5) is 4.39 Å². The molecule has 0 aliphatic carbocycles. The Morgan fingerprint density at radius 1 is 1.22 bits per heavy atom. The summed E-state index contributed by atoms with van der Waals surface area (Å²) in [4.78, 5) is 4.19. The van der Waals surface area contributed by atoms with Crippen LogP contribution in [0.3, 0.4) is 0 Å². The molecule has 0 radical (unpaired) electrons. The van der Waals surface area contributed by atoms with Gasteiger partial charge >= 0.3 is 0 Å². The summed E-state index contributed by atoms with van der Waals surface area (Å²) in [5.41, 5.74) is 1.01. The predicted molar refractivity (Wildman–Crippen MR) is 71.7 cm³/mol. The molecule has 2 aromatic rings. The molecule has 1 N–H and O–H groups in total. The lowest BCUT2D eigenvalue weighted by atomic mass is 9.94. The third-order valence-electron chi connectivity index (χ3n) is 2.92. The first kappa shape index (κ1) is 13.2. The lowest BCUT2D eigenvalue weighted by Crippen LogP contribution is -2.11. The van der Waals surface area contributed by atoms with Crippen molar-refractivity contribution >= 4 is 15.9 Å². The summed E-state index contributed by atoms with van der Waals surface area (Å²) >= 11 is 3.27. The summed E-state index contributed by atoms with van der Waals surface area (Å²) < 4.78 is 14.3. The molecule has 0 spiro atoms. The first-order valence-electron chi connectivity index (χ1n) is 5.64. The van der Waals surface area contributed by atoms with Gasteiger partial charge in [-0.25, -0.2) is 4.39 Å². The van der Waals surface area contributed by atoms with Crippen LogP contribution in [0.25, 0.3) is 0 Å². The molecule has 2 unspecified atom stereocenters. The van der Waals surface area contributed by atoms with Gasteiger partial charge in [0.1, 0.15) is 5.82 Å². The van der Waals surface area contributed by atoms with Crippen LogP contribution in [-0.2, 0) is 0 Å². The molecule has 2 nitrogen and oxygen atoms in total. The van der Waals surface area contributed by atoms with E-state index in [0.29, 0.717) is 4.47 Å². The van der Waals surface area contributed by atoms with E-state index in [2.05, 4.69) is 20.9 Å². The second kappa shape index (κ2) is 5.59. The molecular formula is C14H13BrFNO. The van der Waals surface area contributed by atoms with Crippen molar-refractivity contribution in [2.24, 2.45) is 0 Å². The molecule has 0 aliphatic heterocycles. The van der Waals surface area contributed by atoms with Crippen molar-refractivity contribution in [3.05, 3.63) is 64.1 Å². The smallest absolute Gasteiger partial charge is 0.130 e. The van der Waals surface area contributed by atoms with Gasteiger partial charge in [-0.3, -0.25) is 4.98 Å². The number of hydrogen-bond acceptors (Lipinski definition) is 2. The van der Waals surface area contributed by atoms with E-state index in [0.717, 1.165) is 5.69 Å². The van der Waals surface area contributed by atoms with Crippen LogP contribution in [0.2, 0.25) is 0 Å². The number of aliphatic hydroxyl groups excluding tert-OH is 1. The summed E-state index contributed by atoms with van der Waals surface area (Å²) in [5, 5.41) is 10.3. The quantitative estimate of drug-likeness (QED) is 0.935. The van der Waals surface area contributed by atoms with E-state index in [1.807, 2.05) is 25.1 Å². The Morgan fingerprint density at radius 2 is 2.00 bits per heavy atom. The largest absolute Gasteiger partial charge is 0.388 e. The van der Waals surface area contributed by atoms with Crippen molar-refractivity contribution in [3.63, 3.8) is 0 Å². The van der Waals surface area contributed by atoms with Gasteiger partial charge in [0.05, 0.1) is 6.10 Å². The second-order valence-electron chi connectivity index (χ2n) is 4.12. The maximum atomic E-state index is 13.8. The maximum Gasteiger partial charge on any atom is 0.130 e. The molecule has 2 rings (SSSR count). The van der Waals surface area contributed by atoms with Crippen molar-refractivity contribution in [1.82, 2.24) is 4.98 Å². The maximum absolute atomic E-state index is 13.8. The number of nitrogens with zero attached hydrogens (tertiary/aromatic N) is 1. The zero-order chi connectivity index (χ0) is 13.1. The molecule has 18 heavy (non-hydrogen) atoms. The summed E-state index contributed by atoms with van der Waals surface area (Å²) in [7, 11) is 0. The third kappa shape index (κ3) is 2.60. The van der Waals surface area contributed by atoms with Crippen LogP contribution in [0.15, 0.2) is 47.1 Å². The average molecular weight is 310 g/mol. The zero-order valence-corrected chi connectivity index (χ0v) is 11.4. The second-order valence-corrected chi connectivity index (χ2v) is 4.98. The molecular weight excluding hydrogens is 297 g/mol. The van der Waals surface area contributed by atoms with Crippen molar-refractivity contribution in [1.29, 1.82) is 0 Å². The number of halogens is 2. The molecule has 2 atom stereocenters. The Balaban J connectivity index is 2.34. The normalized spacial score (nSPS) is 14.2. The number of pyridine rings is 1. The molecule has 0 fully saturated rings. The number of benzene rings is 1. The Labute approximate surface area is 114 Å². The standard InChI is InChI=1S/C14H13BrFNO/c1-9(12-7-2-3-8-17-12)14(18)13-10(15)5-4-6-11(13)16/h2-9,14,18H,1H3. The number of aromatic nitrogens is 1. The van der Waals surface area contributed by atoms with E-state index in [1.165, 1.54) is 6.07 Å². The highest BCUT2D eigenvalue weighted by Gasteiger charge is 2.24. The lowest BCUT2D eigenvalue weighted by molar-refractivity contribution is 0.145. The Bertz CT molecular complexity index is 512. The molecule has 0 saturated carbocycles. The molecule has 94 valence electrons. The highest BCUT2D eigenvalue weighted by atomic mass is 79.9. The summed E-state index contributed by atoms with van der Waals surface area (Å²) in [5.74, 6) is -0.695. The van der Waals surface area contributed by atoms with Crippen molar-refractivity contribution in [2.75, 3.05) is 0 Å². The molecule has 0 saturated heterocycles. The Morgan fingerprint density at radius 3 is 2.61 bits per heavy atom. The SMILES string of the molecule is CC(c1ccccn1)C(O)c1c(F)cccc1Br. The average Bonchev–Trinajstić information content (AvgIpc) is 2.38. The van der Waals surface area contributed by atoms with Crippen LogP contribution < -0.4 is 0 Å². The van der Waals surface area contributed by atoms with Gasteiger partial charge in [0, 0.05) is 27.8 Å². The van der Waals surface area contributed by atoms with Crippen LogP contribution >= 0.6 is 15.9 Å². The van der Waals surface area contributed by atoms with Gasteiger partial charge in [-0.05, 0) is 24.3 Å². The van der Waals surface area contributed by atoms with Crippen molar-refractivity contribution in [2.45, 2.75) is 18.9 Å². The van der Waals surface area contributed by atoms with Crippen LogP contribution in [0.1, 0.15) is 30.2 Å². The van der Waals surface area contributed by atoms with E-state index in [-0.39, 0.29) is 11.5 Å². The van der Waals surface area contributed by atoms with Crippen LogP contribution in [-0.4, -0.2) is 10.1 Å². The minimum absolute atomic E-state index is 0.274. The van der Waals surface area contributed by atoms with Crippen molar-refractivity contribution in [3.8, 4) is 0 Å². The van der Waals surface area contributed by atoms with Gasteiger partial charge in [0.15, 0.2) is 0 Å². The molecule has 1 heterocycles. The molecule has 0 bridgehead atoms. The topological polar surface area (TPSA) is 33.1 Å². The zero-order valence-electron chi connectivity index (χ0n) is 9.85. The fourth-order valence-corrected chi connectivity index (χ4v) is 2.43. The predicted octanol–water partition coefficient (Wildman–Crippen LogP) is 3.82.